The van der Waals surface area contributed by atoms with E-state index in [1.54, 1.807) is 12.4 Å². The number of hydrogen-bond acceptors (Lipinski definition) is 4. The zero-order chi connectivity index (χ0) is 17.1. The number of ether oxygens (including phenoxy) is 2. The number of amides is 2. The first-order valence-corrected chi connectivity index (χ1v) is 9.45. The Morgan fingerprint density at radius 3 is 2.80 bits per heavy atom. The molecular weight excluding hydrogens is 318 g/mol. The summed E-state index contributed by atoms with van der Waals surface area (Å²) in [5.41, 5.74) is 1.15. The number of morpholine rings is 1. The maximum Gasteiger partial charge on any atom is 0.320 e. The van der Waals surface area contributed by atoms with Crippen LogP contribution in [0.15, 0.2) is 24.5 Å². The molecule has 136 valence electrons. The van der Waals surface area contributed by atoms with E-state index in [0.29, 0.717) is 19.1 Å². The zero-order valence-electron chi connectivity index (χ0n) is 14.7. The molecule has 1 aromatic rings. The smallest absolute Gasteiger partial charge is 0.320 e. The number of nitrogens with zero attached hydrogens (tertiary/aromatic N) is 3. The monoisotopic (exact) mass is 345 g/mol. The van der Waals surface area contributed by atoms with Crippen molar-refractivity contribution in [1.29, 1.82) is 0 Å². The first-order valence-electron chi connectivity index (χ1n) is 9.45. The van der Waals surface area contributed by atoms with Gasteiger partial charge in [0.25, 0.3) is 0 Å². The van der Waals surface area contributed by atoms with Crippen LogP contribution in [0.5, 0.6) is 0 Å². The van der Waals surface area contributed by atoms with Gasteiger partial charge in [0.05, 0.1) is 32.0 Å². The van der Waals surface area contributed by atoms with Crippen molar-refractivity contribution in [3.8, 4) is 0 Å². The molecule has 2 saturated heterocycles. The Hall–Kier alpha value is -1.66. The molecule has 2 aliphatic heterocycles. The molecule has 4 rings (SSSR count). The summed E-state index contributed by atoms with van der Waals surface area (Å²) >= 11 is 0. The molecule has 2 amide bonds. The predicted octanol–water partition coefficient (Wildman–Crippen LogP) is 2.29. The second-order valence-corrected chi connectivity index (χ2v) is 7.35. The highest BCUT2D eigenvalue weighted by molar-refractivity contribution is 5.75. The van der Waals surface area contributed by atoms with E-state index in [2.05, 4.69) is 9.88 Å². The molecule has 1 saturated carbocycles. The largest absolute Gasteiger partial charge is 0.376 e. The van der Waals surface area contributed by atoms with Gasteiger partial charge in [0.15, 0.2) is 0 Å². The van der Waals surface area contributed by atoms with Gasteiger partial charge < -0.3 is 19.3 Å². The zero-order valence-corrected chi connectivity index (χ0v) is 14.7. The Balaban J connectivity index is 1.30. The molecule has 25 heavy (non-hydrogen) atoms. The van der Waals surface area contributed by atoms with Crippen LogP contribution in [0.2, 0.25) is 0 Å². The lowest BCUT2D eigenvalue weighted by Crippen LogP contribution is -2.55. The molecule has 0 spiro atoms. The molecule has 1 aliphatic carbocycles. The molecule has 3 atom stereocenters. The molecule has 6 heteroatoms. The summed E-state index contributed by atoms with van der Waals surface area (Å²) in [4.78, 5) is 20.9. The number of pyridine rings is 1. The van der Waals surface area contributed by atoms with Gasteiger partial charge in [-0.1, -0.05) is 0 Å². The van der Waals surface area contributed by atoms with Crippen LogP contribution in [0, 0.1) is 5.92 Å². The average molecular weight is 345 g/mol. The van der Waals surface area contributed by atoms with E-state index < -0.39 is 0 Å². The van der Waals surface area contributed by atoms with Crippen molar-refractivity contribution in [1.82, 2.24) is 14.8 Å². The Labute approximate surface area is 149 Å². The maximum absolute atomic E-state index is 12.8. The lowest BCUT2D eigenvalue weighted by atomic mass is 10.1. The quantitative estimate of drug-likeness (QED) is 0.840. The van der Waals surface area contributed by atoms with E-state index >= 15 is 0 Å². The number of rotatable bonds is 4. The Kier molecular flexibility index (Phi) is 5.17. The van der Waals surface area contributed by atoms with Gasteiger partial charge in [-0.25, -0.2) is 4.79 Å². The third-order valence-corrected chi connectivity index (χ3v) is 5.63. The van der Waals surface area contributed by atoms with Gasteiger partial charge in [-0.2, -0.15) is 0 Å². The van der Waals surface area contributed by atoms with Gasteiger partial charge in [0, 0.05) is 32.0 Å². The molecular formula is C19H27N3O3. The molecule has 3 unspecified atom stereocenters. The molecule has 0 N–H and O–H groups in total. The van der Waals surface area contributed by atoms with E-state index in [1.807, 2.05) is 17.0 Å². The summed E-state index contributed by atoms with van der Waals surface area (Å²) in [6.45, 7) is 4.54. The first-order chi connectivity index (χ1) is 12.3. The average Bonchev–Trinajstić information content (AvgIpc) is 3.31. The normalized spacial score (nSPS) is 29.0. The second kappa shape index (κ2) is 7.70. The van der Waals surface area contributed by atoms with E-state index in [-0.39, 0.29) is 18.2 Å². The molecule has 3 fully saturated rings. The van der Waals surface area contributed by atoms with Gasteiger partial charge in [-0.3, -0.25) is 4.98 Å². The highest BCUT2D eigenvalue weighted by Gasteiger charge is 2.44. The lowest BCUT2D eigenvalue weighted by molar-refractivity contribution is -0.0432. The van der Waals surface area contributed by atoms with Crippen LogP contribution in [0.3, 0.4) is 0 Å². The Morgan fingerprint density at radius 2 is 2.00 bits per heavy atom. The predicted molar refractivity (Wildman–Crippen MR) is 93.1 cm³/mol. The number of urea groups is 1. The molecule has 3 aliphatic rings. The number of carbonyl (C=O) groups excluding carboxylic acids is 1. The second-order valence-electron chi connectivity index (χ2n) is 7.35. The fourth-order valence-corrected chi connectivity index (χ4v) is 4.34. The summed E-state index contributed by atoms with van der Waals surface area (Å²) in [5, 5.41) is 0. The van der Waals surface area contributed by atoms with Crippen molar-refractivity contribution in [2.45, 2.75) is 44.4 Å². The highest BCUT2D eigenvalue weighted by Crippen LogP contribution is 2.35. The molecule has 0 aromatic carbocycles. The third kappa shape index (κ3) is 3.80. The van der Waals surface area contributed by atoms with Crippen LogP contribution < -0.4 is 0 Å². The Morgan fingerprint density at radius 1 is 1.20 bits per heavy atom. The molecule has 0 bridgehead atoms. The maximum atomic E-state index is 12.8. The first kappa shape index (κ1) is 16.8. The molecule has 6 nitrogen and oxygen atoms in total. The van der Waals surface area contributed by atoms with Crippen molar-refractivity contribution in [2.75, 3.05) is 32.8 Å². The number of likely N-dealkylation sites (tertiary alicyclic amines) is 1. The fraction of sp³-hybridized carbons (Fsp3) is 0.684. The van der Waals surface area contributed by atoms with Gasteiger partial charge in [0.1, 0.15) is 0 Å². The van der Waals surface area contributed by atoms with Gasteiger partial charge >= 0.3 is 6.03 Å². The van der Waals surface area contributed by atoms with Crippen LogP contribution in [0.4, 0.5) is 4.79 Å². The molecule has 0 radical (unpaired) electrons. The number of fused-ring (bicyclic) bond motifs is 1. The van der Waals surface area contributed by atoms with Crippen LogP contribution in [-0.4, -0.2) is 65.8 Å². The van der Waals surface area contributed by atoms with Crippen LogP contribution >= 0.6 is 0 Å². The van der Waals surface area contributed by atoms with Crippen LogP contribution in [-0.2, 0) is 16.1 Å². The number of aromatic nitrogens is 1. The van der Waals surface area contributed by atoms with E-state index in [4.69, 9.17) is 9.47 Å². The summed E-state index contributed by atoms with van der Waals surface area (Å²) < 4.78 is 11.9. The van der Waals surface area contributed by atoms with E-state index in [0.717, 1.165) is 57.5 Å². The SMILES string of the molecule is O=C(N1CCCC1)N1CCOC2CC(COCc3ccncc3)CC21. The van der Waals surface area contributed by atoms with Crippen LogP contribution in [0.25, 0.3) is 0 Å². The van der Waals surface area contributed by atoms with Crippen molar-refractivity contribution < 1.29 is 14.3 Å². The minimum absolute atomic E-state index is 0.176. The number of carbonyl (C=O) groups is 1. The van der Waals surface area contributed by atoms with Crippen molar-refractivity contribution in [3.63, 3.8) is 0 Å². The summed E-state index contributed by atoms with van der Waals surface area (Å²) in [5.74, 6) is 0.462. The summed E-state index contributed by atoms with van der Waals surface area (Å²) in [6, 6.07) is 4.40. The highest BCUT2D eigenvalue weighted by atomic mass is 16.5. The topological polar surface area (TPSA) is 54.9 Å². The van der Waals surface area contributed by atoms with Gasteiger partial charge in [0.2, 0.25) is 0 Å². The standard InChI is InChI=1S/C19H27N3O3/c23-19(21-7-1-2-8-21)22-9-10-25-18-12-16(11-17(18)22)14-24-13-15-3-5-20-6-4-15/h3-6,16-18H,1-2,7-14H2. The Bertz CT molecular complexity index is 577. The fourth-order valence-electron chi connectivity index (χ4n) is 4.34. The van der Waals surface area contributed by atoms with Crippen molar-refractivity contribution in [2.24, 2.45) is 5.92 Å². The van der Waals surface area contributed by atoms with Gasteiger partial charge in [-0.05, 0) is 49.3 Å². The molecule has 3 heterocycles. The van der Waals surface area contributed by atoms with E-state index in [1.165, 1.54) is 0 Å². The van der Waals surface area contributed by atoms with Crippen molar-refractivity contribution in [3.05, 3.63) is 30.1 Å². The lowest BCUT2D eigenvalue weighted by Gasteiger charge is -2.39. The molecule has 1 aromatic heterocycles. The summed E-state index contributed by atoms with van der Waals surface area (Å²) in [6.07, 6.45) is 8.00. The van der Waals surface area contributed by atoms with Crippen molar-refractivity contribution >= 4 is 6.03 Å². The van der Waals surface area contributed by atoms with E-state index in [9.17, 15) is 4.79 Å². The van der Waals surface area contributed by atoms with Crippen LogP contribution in [0.1, 0.15) is 31.2 Å². The van der Waals surface area contributed by atoms with Gasteiger partial charge in [-0.15, -0.1) is 0 Å². The third-order valence-electron chi connectivity index (χ3n) is 5.63. The minimum atomic E-state index is 0.176. The minimum Gasteiger partial charge on any atom is -0.376 e. The number of hydrogen-bond donors (Lipinski definition) is 0. The summed E-state index contributed by atoms with van der Waals surface area (Å²) in [7, 11) is 0.